The molecule has 0 saturated carbocycles. The SMILES string of the molecule is CN1[C@@H](C(=O)O)C[C@@H](c2ccc(Br)s2)NS1(=O)=O. The molecule has 0 amide bonds. The monoisotopic (exact) mass is 354 g/mol. The lowest BCUT2D eigenvalue weighted by atomic mass is 10.1. The molecule has 0 aromatic carbocycles. The Hall–Kier alpha value is -0.480. The van der Waals surface area contributed by atoms with Gasteiger partial charge in [-0.25, -0.2) is 0 Å². The van der Waals surface area contributed by atoms with Crippen molar-refractivity contribution in [3.63, 3.8) is 0 Å². The van der Waals surface area contributed by atoms with Gasteiger partial charge in [-0.2, -0.15) is 17.4 Å². The highest BCUT2D eigenvalue weighted by Gasteiger charge is 2.40. The average Bonchev–Trinajstić information content (AvgIpc) is 2.68. The number of carbonyl (C=O) groups is 1. The third kappa shape index (κ3) is 2.59. The molecule has 2 heterocycles. The van der Waals surface area contributed by atoms with Gasteiger partial charge < -0.3 is 5.11 Å². The number of carboxylic acid groups (broad SMARTS) is 1. The Kier molecular flexibility index (Phi) is 3.79. The number of nitrogens with zero attached hydrogens (tertiary/aromatic N) is 1. The Balaban J connectivity index is 2.33. The zero-order chi connectivity index (χ0) is 13.5. The molecule has 9 heteroatoms. The van der Waals surface area contributed by atoms with Crippen LogP contribution in [0, 0.1) is 0 Å². The van der Waals surface area contributed by atoms with Crippen molar-refractivity contribution in [3.8, 4) is 0 Å². The number of nitrogens with one attached hydrogen (secondary N) is 1. The third-order valence-electron chi connectivity index (χ3n) is 2.79. The van der Waals surface area contributed by atoms with E-state index in [1.807, 2.05) is 6.07 Å². The fourth-order valence-corrected chi connectivity index (χ4v) is 4.62. The van der Waals surface area contributed by atoms with E-state index in [1.54, 1.807) is 6.07 Å². The maximum absolute atomic E-state index is 11.8. The topological polar surface area (TPSA) is 86.7 Å². The second-order valence-electron chi connectivity index (χ2n) is 3.92. The first kappa shape index (κ1) is 13.9. The van der Waals surface area contributed by atoms with Gasteiger partial charge in [0.15, 0.2) is 0 Å². The van der Waals surface area contributed by atoms with Gasteiger partial charge in [-0.05, 0) is 34.5 Å². The zero-order valence-corrected chi connectivity index (χ0v) is 12.5. The number of aliphatic carboxylic acids is 1. The Morgan fingerprint density at radius 2 is 2.28 bits per heavy atom. The van der Waals surface area contributed by atoms with Crippen LogP contribution in [0.15, 0.2) is 15.9 Å². The van der Waals surface area contributed by atoms with E-state index in [4.69, 9.17) is 5.11 Å². The molecule has 1 fully saturated rings. The lowest BCUT2D eigenvalue weighted by molar-refractivity contribution is -0.141. The van der Waals surface area contributed by atoms with Gasteiger partial charge >= 0.3 is 5.97 Å². The molecule has 6 nitrogen and oxygen atoms in total. The van der Waals surface area contributed by atoms with Crippen molar-refractivity contribution < 1.29 is 18.3 Å². The number of thiophene rings is 1. The van der Waals surface area contributed by atoms with Gasteiger partial charge in [0.2, 0.25) is 0 Å². The summed E-state index contributed by atoms with van der Waals surface area (Å²) in [5.41, 5.74) is 0. The molecule has 0 unspecified atom stereocenters. The molecule has 1 saturated heterocycles. The maximum Gasteiger partial charge on any atom is 0.322 e. The van der Waals surface area contributed by atoms with Crippen LogP contribution in [0.1, 0.15) is 17.3 Å². The van der Waals surface area contributed by atoms with Crippen LogP contribution in [-0.2, 0) is 15.0 Å². The van der Waals surface area contributed by atoms with Gasteiger partial charge in [-0.3, -0.25) is 4.79 Å². The van der Waals surface area contributed by atoms with Crippen LogP contribution in [0.5, 0.6) is 0 Å². The van der Waals surface area contributed by atoms with E-state index in [0.29, 0.717) is 0 Å². The predicted octanol–water partition coefficient (Wildman–Crippen LogP) is 1.17. The van der Waals surface area contributed by atoms with Crippen LogP contribution < -0.4 is 4.72 Å². The van der Waals surface area contributed by atoms with E-state index in [0.717, 1.165) is 13.0 Å². The van der Waals surface area contributed by atoms with Gasteiger partial charge in [0.1, 0.15) is 6.04 Å². The number of rotatable bonds is 2. The number of hydrogen-bond acceptors (Lipinski definition) is 4. The van der Waals surface area contributed by atoms with E-state index >= 15 is 0 Å². The first-order valence-electron chi connectivity index (χ1n) is 5.04. The smallest absolute Gasteiger partial charge is 0.322 e. The minimum absolute atomic E-state index is 0.206. The van der Waals surface area contributed by atoms with Crippen LogP contribution in [0.25, 0.3) is 0 Å². The maximum atomic E-state index is 11.8. The molecule has 18 heavy (non-hydrogen) atoms. The van der Waals surface area contributed by atoms with Gasteiger partial charge in [0.25, 0.3) is 10.2 Å². The Labute approximate surface area is 117 Å². The lowest BCUT2D eigenvalue weighted by Crippen LogP contribution is -2.54. The third-order valence-corrected chi connectivity index (χ3v) is 6.12. The summed E-state index contributed by atoms with van der Waals surface area (Å²) in [6, 6.07) is 2.06. The summed E-state index contributed by atoms with van der Waals surface area (Å²) in [5, 5.41) is 9.07. The first-order chi connectivity index (χ1) is 8.31. The molecule has 1 aromatic heterocycles. The molecule has 2 atom stereocenters. The summed E-state index contributed by atoms with van der Waals surface area (Å²) in [5.74, 6) is -1.14. The van der Waals surface area contributed by atoms with Gasteiger partial charge in [0.05, 0.1) is 9.83 Å². The van der Waals surface area contributed by atoms with Crippen molar-refractivity contribution >= 4 is 43.4 Å². The predicted molar refractivity (Wildman–Crippen MR) is 70.6 cm³/mol. The molecule has 0 bridgehead atoms. The second kappa shape index (κ2) is 4.89. The summed E-state index contributed by atoms with van der Waals surface area (Å²) < 4.78 is 27.9. The molecule has 0 aliphatic carbocycles. The molecule has 0 radical (unpaired) electrons. The zero-order valence-electron chi connectivity index (χ0n) is 9.33. The summed E-state index contributed by atoms with van der Waals surface area (Å²) in [4.78, 5) is 11.9. The lowest BCUT2D eigenvalue weighted by Gasteiger charge is -2.34. The number of carboxylic acids is 1. The first-order valence-corrected chi connectivity index (χ1v) is 8.09. The van der Waals surface area contributed by atoms with Crippen LogP contribution in [0.4, 0.5) is 0 Å². The summed E-state index contributed by atoms with van der Waals surface area (Å²) >= 11 is 4.69. The summed E-state index contributed by atoms with van der Waals surface area (Å²) in [6.45, 7) is 0. The van der Waals surface area contributed by atoms with Crippen molar-refractivity contribution in [1.82, 2.24) is 9.03 Å². The van der Waals surface area contributed by atoms with Crippen molar-refractivity contribution in [1.29, 1.82) is 0 Å². The van der Waals surface area contributed by atoms with E-state index in [9.17, 15) is 13.2 Å². The van der Waals surface area contributed by atoms with Gasteiger partial charge in [-0.1, -0.05) is 0 Å². The van der Waals surface area contributed by atoms with Crippen LogP contribution in [0.3, 0.4) is 0 Å². The highest BCUT2D eigenvalue weighted by atomic mass is 79.9. The molecule has 1 aliphatic heterocycles. The number of hydrogen-bond donors (Lipinski definition) is 2. The van der Waals surface area contributed by atoms with E-state index in [-0.39, 0.29) is 6.42 Å². The fraction of sp³-hybridized carbons (Fsp3) is 0.444. The van der Waals surface area contributed by atoms with E-state index in [2.05, 4.69) is 20.7 Å². The van der Waals surface area contributed by atoms with Crippen molar-refractivity contribution in [2.45, 2.75) is 18.5 Å². The number of likely N-dealkylation sites (N-methyl/N-ethyl adjacent to an activating group) is 1. The highest BCUT2D eigenvalue weighted by molar-refractivity contribution is 9.11. The molecule has 100 valence electrons. The second-order valence-corrected chi connectivity index (χ2v) is 8.18. The normalized spacial score (nSPS) is 28.1. The van der Waals surface area contributed by atoms with E-state index in [1.165, 1.54) is 18.4 Å². The molecular weight excluding hydrogens is 344 g/mol. The van der Waals surface area contributed by atoms with Crippen molar-refractivity contribution in [2.75, 3.05) is 7.05 Å². The quantitative estimate of drug-likeness (QED) is 0.834. The molecule has 2 rings (SSSR count). The minimum Gasteiger partial charge on any atom is -0.480 e. The van der Waals surface area contributed by atoms with Gasteiger partial charge in [0, 0.05) is 11.9 Å². The largest absolute Gasteiger partial charge is 0.480 e. The highest BCUT2D eigenvalue weighted by Crippen LogP contribution is 2.33. The summed E-state index contributed by atoms with van der Waals surface area (Å²) in [7, 11) is -2.48. The summed E-state index contributed by atoms with van der Waals surface area (Å²) in [6.07, 6.45) is 0.206. The molecule has 0 spiro atoms. The van der Waals surface area contributed by atoms with Crippen LogP contribution in [-0.4, -0.2) is 36.9 Å². The Morgan fingerprint density at radius 3 is 2.78 bits per heavy atom. The molecular formula is C9H11BrN2O4S2. The Bertz CT molecular complexity index is 571. The minimum atomic E-state index is -3.75. The fourth-order valence-electron chi connectivity index (χ4n) is 1.80. The molecule has 1 aromatic rings. The van der Waals surface area contributed by atoms with Crippen LogP contribution >= 0.6 is 27.3 Å². The van der Waals surface area contributed by atoms with Crippen molar-refractivity contribution in [3.05, 3.63) is 20.8 Å². The Morgan fingerprint density at radius 1 is 1.61 bits per heavy atom. The van der Waals surface area contributed by atoms with Crippen molar-refractivity contribution in [2.24, 2.45) is 0 Å². The molecule has 1 aliphatic rings. The average molecular weight is 355 g/mol. The standard InChI is InChI=1S/C9H11BrN2O4S2/c1-12-6(9(13)14)4-5(11-18(12,15)16)7-2-3-8(10)17-7/h2-3,5-6,11H,4H2,1H3,(H,13,14)/t5-,6+/m0/s1. The van der Waals surface area contributed by atoms with Gasteiger partial charge in [-0.15, -0.1) is 11.3 Å². The number of halogens is 1. The van der Waals surface area contributed by atoms with Crippen LogP contribution in [0.2, 0.25) is 0 Å². The molecule has 2 N–H and O–H groups in total. The van der Waals surface area contributed by atoms with E-state index < -0.39 is 28.3 Å².